The van der Waals surface area contributed by atoms with Crippen molar-refractivity contribution in [3.63, 3.8) is 0 Å². The molecule has 0 fully saturated rings. The molecule has 138 valence electrons. The number of ether oxygens (including phenoxy) is 2. The van der Waals surface area contributed by atoms with Crippen LogP contribution in [0.25, 0.3) is 11.1 Å². The summed E-state index contributed by atoms with van der Waals surface area (Å²) in [5.74, 6) is 0. The van der Waals surface area contributed by atoms with Crippen LogP contribution in [0, 0.1) is 0 Å². The number of carbonyl (C=O) groups excluding carboxylic acids is 1. The van der Waals surface area contributed by atoms with E-state index >= 15 is 0 Å². The van der Waals surface area contributed by atoms with E-state index in [1.54, 1.807) is 18.1 Å². The molecule has 1 atom stereocenters. The van der Waals surface area contributed by atoms with Crippen molar-refractivity contribution in [2.45, 2.75) is 38.8 Å². The minimum Gasteiger partial charge on any atom is -0.446 e. The molecule has 0 spiro atoms. The first-order valence-electron chi connectivity index (χ1n) is 8.92. The van der Waals surface area contributed by atoms with E-state index in [9.17, 15) is 4.79 Å². The molecule has 0 saturated heterocycles. The van der Waals surface area contributed by atoms with Crippen molar-refractivity contribution in [3.8, 4) is 11.1 Å². The third-order valence-corrected chi connectivity index (χ3v) is 4.82. The zero-order chi connectivity index (χ0) is 18.7. The summed E-state index contributed by atoms with van der Waals surface area (Å²) in [4.78, 5) is 18.2. The predicted octanol–water partition coefficient (Wildman–Crippen LogP) is 4.23. The lowest BCUT2D eigenvalue weighted by molar-refractivity contribution is -0.0144. The monoisotopic (exact) mass is 354 g/mol. The number of pyridine rings is 1. The highest BCUT2D eigenvalue weighted by Gasteiger charge is 2.28. The first kappa shape index (κ1) is 18.4. The molecule has 0 bridgehead atoms. The van der Waals surface area contributed by atoms with Gasteiger partial charge in [0, 0.05) is 30.5 Å². The SMILES string of the molecule is CN(C(=O)OCC1OCCc2cccc(-c3cccnc3)c21)C(C)(C)C. The van der Waals surface area contributed by atoms with Gasteiger partial charge in [-0.1, -0.05) is 24.3 Å². The van der Waals surface area contributed by atoms with E-state index in [1.807, 2.05) is 39.1 Å². The fraction of sp³-hybridized carbons (Fsp3) is 0.429. The number of fused-ring (bicyclic) bond motifs is 1. The Morgan fingerprint density at radius 3 is 2.81 bits per heavy atom. The van der Waals surface area contributed by atoms with Crippen molar-refractivity contribution in [2.75, 3.05) is 20.3 Å². The van der Waals surface area contributed by atoms with Gasteiger partial charge in [-0.15, -0.1) is 0 Å². The molecule has 26 heavy (non-hydrogen) atoms. The van der Waals surface area contributed by atoms with E-state index in [-0.39, 0.29) is 24.3 Å². The molecule has 0 N–H and O–H groups in total. The molecule has 1 amide bonds. The average Bonchev–Trinajstić information content (AvgIpc) is 2.64. The van der Waals surface area contributed by atoms with Gasteiger partial charge in [-0.05, 0) is 49.9 Å². The summed E-state index contributed by atoms with van der Waals surface area (Å²) in [5, 5.41) is 0. The van der Waals surface area contributed by atoms with Crippen LogP contribution in [-0.2, 0) is 15.9 Å². The summed E-state index contributed by atoms with van der Waals surface area (Å²) in [6.45, 7) is 6.74. The summed E-state index contributed by atoms with van der Waals surface area (Å²) in [6, 6.07) is 10.2. The van der Waals surface area contributed by atoms with Crippen molar-refractivity contribution in [2.24, 2.45) is 0 Å². The zero-order valence-electron chi connectivity index (χ0n) is 15.9. The second-order valence-electron chi connectivity index (χ2n) is 7.54. The van der Waals surface area contributed by atoms with E-state index in [0.717, 1.165) is 23.1 Å². The Kier molecular flexibility index (Phi) is 5.28. The van der Waals surface area contributed by atoms with Crippen LogP contribution >= 0.6 is 0 Å². The van der Waals surface area contributed by atoms with Crippen molar-refractivity contribution in [1.82, 2.24) is 9.88 Å². The molecule has 1 aliphatic heterocycles. The third-order valence-electron chi connectivity index (χ3n) is 4.82. The lowest BCUT2D eigenvalue weighted by Crippen LogP contribution is -2.43. The normalized spacial score (nSPS) is 16.7. The number of hydrogen-bond acceptors (Lipinski definition) is 4. The van der Waals surface area contributed by atoms with Crippen LogP contribution in [0.4, 0.5) is 4.79 Å². The number of aromatic nitrogens is 1. The molecule has 2 heterocycles. The van der Waals surface area contributed by atoms with Gasteiger partial charge >= 0.3 is 6.09 Å². The molecular formula is C21H26N2O3. The van der Waals surface area contributed by atoms with Gasteiger partial charge in [-0.25, -0.2) is 4.79 Å². The van der Waals surface area contributed by atoms with E-state index in [4.69, 9.17) is 9.47 Å². The van der Waals surface area contributed by atoms with Crippen molar-refractivity contribution in [1.29, 1.82) is 0 Å². The topological polar surface area (TPSA) is 51.7 Å². The molecule has 1 aliphatic rings. The second-order valence-corrected chi connectivity index (χ2v) is 7.54. The molecule has 1 aromatic heterocycles. The van der Waals surface area contributed by atoms with E-state index < -0.39 is 0 Å². The van der Waals surface area contributed by atoms with Gasteiger partial charge in [0.05, 0.1) is 6.61 Å². The van der Waals surface area contributed by atoms with Crippen LogP contribution < -0.4 is 0 Å². The number of hydrogen-bond donors (Lipinski definition) is 0. The van der Waals surface area contributed by atoms with E-state index in [0.29, 0.717) is 6.61 Å². The fourth-order valence-corrected chi connectivity index (χ4v) is 3.03. The van der Waals surface area contributed by atoms with Crippen molar-refractivity contribution in [3.05, 3.63) is 53.9 Å². The Morgan fingerprint density at radius 1 is 1.31 bits per heavy atom. The summed E-state index contributed by atoms with van der Waals surface area (Å²) in [5.41, 5.74) is 4.17. The predicted molar refractivity (Wildman–Crippen MR) is 101 cm³/mol. The molecule has 0 aliphatic carbocycles. The van der Waals surface area contributed by atoms with E-state index in [1.165, 1.54) is 5.56 Å². The molecule has 1 unspecified atom stereocenters. The van der Waals surface area contributed by atoms with Crippen LogP contribution in [0.2, 0.25) is 0 Å². The van der Waals surface area contributed by atoms with Gasteiger partial charge in [0.15, 0.2) is 0 Å². The lowest BCUT2D eigenvalue weighted by atomic mass is 9.90. The Hall–Kier alpha value is -2.40. The van der Waals surface area contributed by atoms with E-state index in [2.05, 4.69) is 23.2 Å². The van der Waals surface area contributed by atoms with Crippen molar-refractivity contribution < 1.29 is 14.3 Å². The first-order chi connectivity index (χ1) is 12.4. The van der Waals surface area contributed by atoms with Crippen molar-refractivity contribution >= 4 is 6.09 Å². The number of rotatable bonds is 3. The number of nitrogens with zero attached hydrogens (tertiary/aromatic N) is 2. The maximum absolute atomic E-state index is 12.3. The maximum atomic E-state index is 12.3. The Labute approximate surface area is 155 Å². The third kappa shape index (κ3) is 3.88. The molecule has 0 saturated carbocycles. The minimum absolute atomic E-state index is 0.198. The standard InChI is InChI=1S/C21H26N2O3/c1-21(2,3)23(4)20(24)26-14-18-19-15(10-12-25-18)7-5-9-17(19)16-8-6-11-22-13-16/h5-9,11,13,18H,10,12,14H2,1-4H3. The smallest absolute Gasteiger partial charge is 0.410 e. The highest BCUT2D eigenvalue weighted by atomic mass is 16.6. The molecular weight excluding hydrogens is 328 g/mol. The quantitative estimate of drug-likeness (QED) is 0.828. The van der Waals surface area contributed by atoms with Crippen LogP contribution in [0.3, 0.4) is 0 Å². The lowest BCUT2D eigenvalue weighted by Gasteiger charge is -2.32. The summed E-state index contributed by atoms with van der Waals surface area (Å²) < 4.78 is 11.5. The maximum Gasteiger partial charge on any atom is 0.410 e. The minimum atomic E-state index is -0.341. The van der Waals surface area contributed by atoms with Gasteiger partial charge in [-0.2, -0.15) is 0 Å². The molecule has 2 aromatic rings. The van der Waals surface area contributed by atoms with Gasteiger partial charge in [-0.3, -0.25) is 4.98 Å². The second kappa shape index (κ2) is 7.46. The van der Waals surface area contributed by atoms with Gasteiger partial charge < -0.3 is 14.4 Å². The molecule has 5 nitrogen and oxygen atoms in total. The molecule has 3 rings (SSSR count). The van der Waals surface area contributed by atoms with Crippen LogP contribution in [0.15, 0.2) is 42.7 Å². The summed E-state index contributed by atoms with van der Waals surface area (Å²) >= 11 is 0. The Bertz CT molecular complexity index is 769. The zero-order valence-corrected chi connectivity index (χ0v) is 15.9. The van der Waals surface area contributed by atoms with Crippen LogP contribution in [-0.4, -0.2) is 41.8 Å². The highest BCUT2D eigenvalue weighted by Crippen LogP contribution is 2.36. The summed E-state index contributed by atoms with van der Waals surface area (Å²) in [7, 11) is 1.75. The number of carbonyl (C=O) groups is 1. The van der Waals surface area contributed by atoms with Crippen LogP contribution in [0.1, 0.15) is 38.0 Å². The largest absolute Gasteiger partial charge is 0.446 e. The average molecular weight is 354 g/mol. The van der Waals surface area contributed by atoms with Gasteiger partial charge in [0.1, 0.15) is 12.7 Å². The number of benzene rings is 1. The van der Waals surface area contributed by atoms with Gasteiger partial charge in [0.2, 0.25) is 0 Å². The van der Waals surface area contributed by atoms with Gasteiger partial charge in [0.25, 0.3) is 0 Å². The summed E-state index contributed by atoms with van der Waals surface area (Å²) in [6.07, 6.45) is 3.85. The molecule has 0 radical (unpaired) electrons. The Morgan fingerprint density at radius 2 is 2.12 bits per heavy atom. The Balaban J connectivity index is 1.84. The molecule has 5 heteroatoms. The first-order valence-corrected chi connectivity index (χ1v) is 8.92. The van der Waals surface area contributed by atoms with Crippen LogP contribution in [0.5, 0.6) is 0 Å². The molecule has 1 aromatic carbocycles. The number of amides is 1. The highest BCUT2D eigenvalue weighted by molar-refractivity contribution is 5.70. The fourth-order valence-electron chi connectivity index (χ4n) is 3.03.